The van der Waals surface area contributed by atoms with Gasteiger partial charge in [-0.2, -0.15) is 0 Å². The minimum Gasteiger partial charge on any atom is -0.466 e. The predicted molar refractivity (Wildman–Crippen MR) is 182 cm³/mol. The van der Waals surface area contributed by atoms with Crippen LogP contribution in [0.25, 0.3) is 0 Å². The zero-order chi connectivity index (χ0) is 30.8. The van der Waals surface area contributed by atoms with Crippen molar-refractivity contribution in [1.82, 2.24) is 0 Å². The van der Waals surface area contributed by atoms with E-state index in [2.05, 4.69) is 84.2 Å². The number of carbonyl (C=O) groups is 1. The first kappa shape index (κ1) is 37.8. The molecule has 1 aromatic carbocycles. The van der Waals surface area contributed by atoms with Crippen molar-refractivity contribution in [3.63, 3.8) is 0 Å². The van der Waals surface area contributed by atoms with Crippen LogP contribution in [0.3, 0.4) is 0 Å². The van der Waals surface area contributed by atoms with E-state index in [1.54, 1.807) is 0 Å². The Labute approximate surface area is 256 Å². The number of ether oxygens (including phenoxy) is 1. The molecule has 0 saturated heterocycles. The Kier molecular flexibility index (Phi) is 18.3. The lowest BCUT2D eigenvalue weighted by Gasteiger charge is -2.46. The fourth-order valence-corrected chi connectivity index (χ4v) is 10.2. The highest BCUT2D eigenvalue weighted by Crippen LogP contribution is 2.38. The summed E-state index contributed by atoms with van der Waals surface area (Å²) < 4.78 is 19.3. The molecule has 0 unspecified atom stereocenters. The molecule has 0 aliphatic rings. The zero-order valence-corrected chi connectivity index (χ0v) is 30.1. The van der Waals surface area contributed by atoms with Crippen LogP contribution in [0.1, 0.15) is 111 Å². The van der Waals surface area contributed by atoms with Crippen LogP contribution in [0, 0.1) is 0 Å². The number of carbonyl (C=O) groups excluding carboxylic acids is 1. The first-order valence-electron chi connectivity index (χ1n) is 16.7. The molecule has 1 rings (SSSR count). The van der Waals surface area contributed by atoms with Crippen molar-refractivity contribution in [3.8, 4) is 0 Å². The smallest absolute Gasteiger partial charge is 0.308 e. The van der Waals surface area contributed by atoms with E-state index >= 15 is 0 Å². The molecule has 0 radical (unpaired) electrons. The van der Waals surface area contributed by atoms with Crippen LogP contribution in [0.15, 0.2) is 42.5 Å². The van der Waals surface area contributed by atoms with Crippen LogP contribution in [0.5, 0.6) is 0 Å². The molecule has 1 aromatic rings. The second kappa shape index (κ2) is 19.9. The maximum absolute atomic E-state index is 12.7. The Morgan fingerprint density at radius 2 is 1.39 bits per heavy atom. The first-order valence-corrected chi connectivity index (χ1v) is 22.6. The van der Waals surface area contributed by atoms with E-state index in [4.69, 9.17) is 13.6 Å². The van der Waals surface area contributed by atoms with Crippen LogP contribution in [-0.2, 0) is 24.8 Å². The highest BCUT2D eigenvalue weighted by atomic mass is 28.4. The largest absolute Gasteiger partial charge is 0.466 e. The molecule has 41 heavy (non-hydrogen) atoms. The Bertz CT molecular complexity index is 839. The monoisotopic (exact) mass is 604 g/mol. The van der Waals surface area contributed by atoms with Gasteiger partial charge in [0, 0.05) is 0 Å². The number of hydrogen-bond donors (Lipinski definition) is 0. The molecule has 0 N–H and O–H groups in total. The summed E-state index contributed by atoms with van der Waals surface area (Å²) in [6, 6.07) is 14.0. The molecule has 0 aliphatic heterocycles. The number of rotatable bonds is 24. The van der Waals surface area contributed by atoms with Crippen LogP contribution in [0.2, 0.25) is 37.8 Å². The van der Waals surface area contributed by atoms with Gasteiger partial charge in [-0.15, -0.1) is 0 Å². The van der Waals surface area contributed by atoms with E-state index in [1.807, 2.05) is 6.92 Å². The quantitative estimate of drug-likeness (QED) is 0.0509. The molecule has 0 bridgehead atoms. The van der Waals surface area contributed by atoms with E-state index in [9.17, 15) is 4.79 Å². The van der Waals surface area contributed by atoms with Gasteiger partial charge in [-0.05, 0) is 89.3 Å². The fraction of sp³-hybridized carbons (Fsp3) is 0.743. The van der Waals surface area contributed by atoms with E-state index < -0.39 is 22.2 Å². The van der Waals surface area contributed by atoms with Gasteiger partial charge in [0.25, 0.3) is 0 Å². The number of hydrogen-bond acceptors (Lipinski definition) is 4. The van der Waals surface area contributed by atoms with Crippen LogP contribution in [-0.4, -0.2) is 40.9 Å². The van der Waals surface area contributed by atoms with Gasteiger partial charge >= 0.3 is 5.97 Å². The van der Waals surface area contributed by atoms with Gasteiger partial charge < -0.3 is 13.6 Å². The van der Waals surface area contributed by atoms with Crippen molar-refractivity contribution in [2.24, 2.45) is 0 Å². The molecule has 0 amide bonds. The third-order valence-electron chi connectivity index (χ3n) is 8.41. The average molecular weight is 605 g/mol. The van der Waals surface area contributed by atoms with Gasteiger partial charge in [0.15, 0.2) is 16.6 Å². The zero-order valence-electron chi connectivity index (χ0n) is 28.1. The summed E-state index contributed by atoms with van der Waals surface area (Å²) in [5.74, 6) is -0.201. The summed E-state index contributed by atoms with van der Waals surface area (Å²) in [4.78, 5) is 12.7. The van der Waals surface area contributed by atoms with Gasteiger partial charge in [-0.1, -0.05) is 102 Å². The Morgan fingerprint density at radius 3 is 1.90 bits per heavy atom. The Morgan fingerprint density at radius 1 is 0.854 bits per heavy atom. The minimum absolute atomic E-state index is 0.201. The predicted octanol–water partition coefficient (Wildman–Crippen LogP) is 10.6. The van der Waals surface area contributed by atoms with E-state index in [0.29, 0.717) is 6.61 Å². The normalized spacial score (nSPS) is 14.4. The average Bonchev–Trinajstić information content (AvgIpc) is 2.92. The molecule has 0 saturated carbocycles. The third-order valence-corrected chi connectivity index (χ3v) is 14.2. The van der Waals surface area contributed by atoms with E-state index in [-0.39, 0.29) is 18.5 Å². The van der Waals surface area contributed by atoms with Crippen molar-refractivity contribution in [2.45, 2.75) is 161 Å². The molecule has 0 aromatic heterocycles. The minimum atomic E-state index is -1.97. The SMILES string of the molecule is C=C(CCCCCCCCCCc1ccccc1)C[C@@](C)(O[Si](CC)(CC)CC)[C@@H](CC(=O)OCC)O[Si](C)(C)C. The summed E-state index contributed by atoms with van der Waals surface area (Å²) in [5, 5.41) is 0. The Balaban J connectivity index is 2.67. The molecule has 6 heteroatoms. The van der Waals surface area contributed by atoms with E-state index in [1.165, 1.54) is 62.5 Å². The fourth-order valence-electron chi connectivity index (χ4n) is 5.85. The summed E-state index contributed by atoms with van der Waals surface area (Å²) in [6.07, 6.45) is 13.2. The van der Waals surface area contributed by atoms with Crippen LogP contribution in [0.4, 0.5) is 0 Å². The molecule has 0 spiro atoms. The third kappa shape index (κ3) is 15.7. The topological polar surface area (TPSA) is 44.8 Å². The van der Waals surface area contributed by atoms with Gasteiger partial charge in [0.1, 0.15) is 0 Å². The van der Waals surface area contributed by atoms with Crippen molar-refractivity contribution >= 4 is 22.6 Å². The number of aryl methyl sites for hydroxylation is 1. The van der Waals surface area contributed by atoms with Crippen LogP contribution >= 0.6 is 0 Å². The lowest BCUT2D eigenvalue weighted by atomic mass is 9.88. The molecular weight excluding hydrogens is 541 g/mol. The highest BCUT2D eigenvalue weighted by Gasteiger charge is 2.45. The first-order chi connectivity index (χ1) is 19.4. The molecule has 236 valence electrons. The molecular formula is C35H64O4Si2. The van der Waals surface area contributed by atoms with Crippen molar-refractivity contribution < 1.29 is 18.4 Å². The molecule has 0 aliphatic carbocycles. The second-order valence-corrected chi connectivity index (χ2v) is 22.3. The van der Waals surface area contributed by atoms with Crippen molar-refractivity contribution in [1.29, 1.82) is 0 Å². The van der Waals surface area contributed by atoms with E-state index in [0.717, 1.165) is 37.4 Å². The summed E-state index contributed by atoms with van der Waals surface area (Å²) >= 11 is 0. The van der Waals surface area contributed by atoms with Crippen LogP contribution < -0.4 is 0 Å². The number of unbranched alkanes of at least 4 members (excludes halogenated alkanes) is 7. The molecule has 0 fully saturated rings. The summed E-state index contributed by atoms with van der Waals surface area (Å²) in [5.41, 5.74) is 2.09. The maximum atomic E-state index is 12.7. The molecule has 0 heterocycles. The van der Waals surface area contributed by atoms with Gasteiger partial charge in [0.05, 0.1) is 24.7 Å². The summed E-state index contributed by atoms with van der Waals surface area (Å²) in [6.45, 7) is 22.3. The highest BCUT2D eigenvalue weighted by molar-refractivity contribution is 6.73. The number of benzene rings is 1. The molecule has 4 nitrogen and oxygen atoms in total. The lowest BCUT2D eigenvalue weighted by Crippen LogP contribution is -2.55. The van der Waals surface area contributed by atoms with Crippen molar-refractivity contribution in [3.05, 3.63) is 48.0 Å². The van der Waals surface area contributed by atoms with Crippen molar-refractivity contribution in [2.75, 3.05) is 6.61 Å². The number of esters is 1. The van der Waals surface area contributed by atoms with Gasteiger partial charge in [-0.3, -0.25) is 4.79 Å². The van der Waals surface area contributed by atoms with Gasteiger partial charge in [0.2, 0.25) is 0 Å². The van der Waals surface area contributed by atoms with Gasteiger partial charge in [-0.25, -0.2) is 0 Å². The second-order valence-electron chi connectivity index (χ2n) is 13.1. The standard InChI is InChI=1S/C35H64O4Si2/c1-10-37-34(36)29-33(38-40(7,8)9)35(6,39-41(11-2,12-3)13-4)30-31(5)25-21-18-16-14-15-17-19-22-26-32-27-23-20-24-28-32/h20,23-24,27-28,33H,5,10-19,21-22,25-26,29-30H2,1-4,6-9H3/t33-,35-/m1/s1. The Hall–Kier alpha value is -1.22. The summed E-state index contributed by atoms with van der Waals surface area (Å²) in [7, 11) is -3.92. The molecule has 2 atom stereocenters. The lowest BCUT2D eigenvalue weighted by molar-refractivity contribution is -0.149. The maximum Gasteiger partial charge on any atom is 0.308 e.